The van der Waals surface area contributed by atoms with Crippen LogP contribution in [0.5, 0.6) is 0 Å². The number of guanidine groups is 1. The number of hydrogen-bond donors (Lipinski definition) is 3. The second kappa shape index (κ2) is 13.2. The molecule has 1 aromatic rings. The maximum Gasteiger partial charge on any atom is 0.251 e. The topological polar surface area (TPSA) is 65.5 Å². The summed E-state index contributed by atoms with van der Waals surface area (Å²) in [4.78, 5) is 16.1. The smallest absolute Gasteiger partial charge is 0.251 e. The van der Waals surface area contributed by atoms with Crippen molar-refractivity contribution in [3.63, 3.8) is 0 Å². The van der Waals surface area contributed by atoms with E-state index in [-0.39, 0.29) is 29.9 Å². The fourth-order valence-corrected chi connectivity index (χ4v) is 1.90. The number of aliphatic imine (C=N–C) groups is 1. The Morgan fingerprint density at radius 1 is 1.00 bits per heavy atom. The minimum Gasteiger partial charge on any atom is -0.356 e. The van der Waals surface area contributed by atoms with Crippen molar-refractivity contribution >= 4 is 35.8 Å². The zero-order chi connectivity index (χ0) is 16.2. The molecule has 5 nitrogen and oxygen atoms in total. The van der Waals surface area contributed by atoms with E-state index in [2.05, 4.69) is 34.8 Å². The lowest BCUT2D eigenvalue weighted by Gasteiger charge is -2.11. The van der Waals surface area contributed by atoms with E-state index >= 15 is 0 Å². The third-order valence-electron chi connectivity index (χ3n) is 3.26. The average Bonchev–Trinajstić information content (AvgIpc) is 2.55. The van der Waals surface area contributed by atoms with Crippen LogP contribution in [0.25, 0.3) is 0 Å². The molecule has 0 unspecified atom stereocenters. The van der Waals surface area contributed by atoms with Gasteiger partial charge in [-0.25, -0.2) is 0 Å². The number of halogens is 1. The number of carbonyl (C=O) groups excluding carboxylic acids is 1. The molecular weight excluding hydrogens is 403 g/mol. The first-order valence-electron chi connectivity index (χ1n) is 8.02. The molecular formula is C17H29IN4O. The predicted octanol–water partition coefficient (Wildman–Crippen LogP) is 2.91. The van der Waals surface area contributed by atoms with Crippen LogP contribution in [-0.2, 0) is 6.54 Å². The van der Waals surface area contributed by atoms with Gasteiger partial charge in [0.1, 0.15) is 0 Å². The van der Waals surface area contributed by atoms with Gasteiger partial charge in [0.2, 0.25) is 0 Å². The van der Waals surface area contributed by atoms with Crippen LogP contribution in [-0.4, -0.2) is 32.0 Å². The number of hydrogen-bond acceptors (Lipinski definition) is 2. The first kappa shape index (κ1) is 21.7. The Kier molecular flexibility index (Phi) is 12.4. The summed E-state index contributed by atoms with van der Waals surface area (Å²) in [5, 5.41) is 9.39. The van der Waals surface area contributed by atoms with Gasteiger partial charge in [-0.1, -0.05) is 32.4 Å². The van der Waals surface area contributed by atoms with Crippen LogP contribution in [0.4, 0.5) is 0 Å². The number of nitrogens with one attached hydrogen (secondary N) is 3. The lowest BCUT2D eigenvalue weighted by atomic mass is 10.1. The van der Waals surface area contributed by atoms with Crippen LogP contribution < -0.4 is 16.0 Å². The maximum atomic E-state index is 11.9. The molecule has 0 aromatic heterocycles. The fraction of sp³-hybridized carbons (Fsp3) is 0.529. The van der Waals surface area contributed by atoms with E-state index in [9.17, 15) is 4.79 Å². The molecule has 0 saturated carbocycles. The molecule has 1 rings (SSSR count). The highest BCUT2D eigenvalue weighted by atomic mass is 127. The monoisotopic (exact) mass is 432 g/mol. The van der Waals surface area contributed by atoms with Crippen LogP contribution >= 0.6 is 24.0 Å². The van der Waals surface area contributed by atoms with E-state index in [0.717, 1.165) is 43.9 Å². The van der Waals surface area contributed by atoms with Crippen LogP contribution in [0.15, 0.2) is 29.3 Å². The minimum atomic E-state index is -0.00613. The van der Waals surface area contributed by atoms with E-state index in [1.54, 1.807) is 7.05 Å². The lowest BCUT2D eigenvalue weighted by Crippen LogP contribution is -2.37. The highest BCUT2D eigenvalue weighted by Gasteiger charge is 2.04. The highest BCUT2D eigenvalue weighted by Crippen LogP contribution is 2.04. The Balaban J connectivity index is 0.00000484. The Hall–Kier alpha value is -1.31. The Bertz CT molecular complexity index is 474. The molecule has 6 heteroatoms. The van der Waals surface area contributed by atoms with Gasteiger partial charge in [0, 0.05) is 32.2 Å². The Morgan fingerprint density at radius 2 is 1.70 bits per heavy atom. The van der Waals surface area contributed by atoms with Gasteiger partial charge in [0.05, 0.1) is 0 Å². The molecule has 0 aliphatic carbocycles. The van der Waals surface area contributed by atoms with Gasteiger partial charge in [0.25, 0.3) is 5.91 Å². The number of amides is 1. The van der Waals surface area contributed by atoms with Gasteiger partial charge in [-0.3, -0.25) is 9.79 Å². The molecule has 0 atom stereocenters. The molecule has 0 bridgehead atoms. The molecule has 1 amide bonds. The van der Waals surface area contributed by atoms with Crippen molar-refractivity contribution in [2.75, 3.05) is 20.1 Å². The SMILES string of the molecule is CCCCNC(=O)c1ccc(CNC(=NC)NCCC)cc1.I. The first-order chi connectivity index (χ1) is 10.7. The van der Waals surface area contributed by atoms with Gasteiger partial charge >= 0.3 is 0 Å². The van der Waals surface area contributed by atoms with Gasteiger partial charge in [-0.05, 0) is 30.5 Å². The number of nitrogens with zero attached hydrogens (tertiary/aromatic N) is 1. The molecule has 0 saturated heterocycles. The molecule has 1 aromatic carbocycles. The van der Waals surface area contributed by atoms with E-state index in [1.807, 2.05) is 24.3 Å². The molecule has 0 aliphatic heterocycles. The Labute approximate surface area is 156 Å². The molecule has 23 heavy (non-hydrogen) atoms. The molecule has 130 valence electrons. The van der Waals surface area contributed by atoms with Crippen LogP contribution in [0.2, 0.25) is 0 Å². The normalized spacial score (nSPS) is 10.7. The fourth-order valence-electron chi connectivity index (χ4n) is 1.90. The van der Waals surface area contributed by atoms with Crippen molar-refractivity contribution in [2.45, 2.75) is 39.7 Å². The zero-order valence-corrected chi connectivity index (χ0v) is 16.6. The van der Waals surface area contributed by atoms with Gasteiger partial charge in [-0.15, -0.1) is 24.0 Å². The van der Waals surface area contributed by atoms with E-state index in [1.165, 1.54) is 0 Å². The number of benzene rings is 1. The predicted molar refractivity (Wildman–Crippen MR) is 108 cm³/mol. The third kappa shape index (κ3) is 8.78. The quantitative estimate of drug-likeness (QED) is 0.256. The molecule has 0 aliphatic rings. The van der Waals surface area contributed by atoms with Crippen molar-refractivity contribution in [3.8, 4) is 0 Å². The number of unbranched alkanes of at least 4 members (excludes halogenated alkanes) is 1. The zero-order valence-electron chi connectivity index (χ0n) is 14.3. The van der Waals surface area contributed by atoms with Crippen LogP contribution in [0, 0.1) is 0 Å². The van der Waals surface area contributed by atoms with E-state index in [0.29, 0.717) is 12.1 Å². The molecule has 0 spiro atoms. The summed E-state index contributed by atoms with van der Waals surface area (Å²) in [6, 6.07) is 7.66. The minimum absolute atomic E-state index is 0. The summed E-state index contributed by atoms with van der Waals surface area (Å²) in [5.41, 5.74) is 1.82. The summed E-state index contributed by atoms with van der Waals surface area (Å²) < 4.78 is 0. The van der Waals surface area contributed by atoms with Gasteiger partial charge in [0.15, 0.2) is 5.96 Å². The van der Waals surface area contributed by atoms with Crippen molar-refractivity contribution in [2.24, 2.45) is 4.99 Å². The van der Waals surface area contributed by atoms with E-state index in [4.69, 9.17) is 0 Å². The van der Waals surface area contributed by atoms with E-state index < -0.39 is 0 Å². The summed E-state index contributed by atoms with van der Waals surface area (Å²) in [5.74, 6) is 0.789. The first-order valence-corrected chi connectivity index (χ1v) is 8.02. The maximum absolute atomic E-state index is 11.9. The van der Waals surface area contributed by atoms with Crippen LogP contribution in [0.1, 0.15) is 49.0 Å². The van der Waals surface area contributed by atoms with Crippen molar-refractivity contribution in [1.29, 1.82) is 0 Å². The Morgan fingerprint density at radius 3 is 2.26 bits per heavy atom. The summed E-state index contributed by atoms with van der Waals surface area (Å²) in [7, 11) is 1.76. The van der Waals surface area contributed by atoms with Gasteiger partial charge < -0.3 is 16.0 Å². The second-order valence-electron chi connectivity index (χ2n) is 5.16. The second-order valence-corrected chi connectivity index (χ2v) is 5.16. The summed E-state index contributed by atoms with van der Waals surface area (Å²) in [6.07, 6.45) is 3.15. The van der Waals surface area contributed by atoms with Crippen molar-refractivity contribution in [1.82, 2.24) is 16.0 Å². The van der Waals surface area contributed by atoms with Crippen molar-refractivity contribution < 1.29 is 4.79 Å². The largest absolute Gasteiger partial charge is 0.356 e. The third-order valence-corrected chi connectivity index (χ3v) is 3.26. The standard InChI is InChI=1S/C17H28N4O.HI/c1-4-6-12-19-16(22)15-9-7-14(8-10-15)13-21-17(18-3)20-11-5-2;/h7-10H,4-6,11-13H2,1-3H3,(H,19,22)(H2,18,20,21);1H. The lowest BCUT2D eigenvalue weighted by molar-refractivity contribution is 0.0953. The van der Waals surface area contributed by atoms with Crippen molar-refractivity contribution in [3.05, 3.63) is 35.4 Å². The number of carbonyl (C=O) groups is 1. The summed E-state index contributed by atoms with van der Waals surface area (Å²) in [6.45, 7) is 6.54. The summed E-state index contributed by atoms with van der Waals surface area (Å²) >= 11 is 0. The highest BCUT2D eigenvalue weighted by molar-refractivity contribution is 14.0. The van der Waals surface area contributed by atoms with Crippen LogP contribution in [0.3, 0.4) is 0 Å². The number of rotatable bonds is 8. The molecule has 3 N–H and O–H groups in total. The average molecular weight is 432 g/mol. The molecule has 0 radical (unpaired) electrons. The molecule has 0 fully saturated rings. The van der Waals surface area contributed by atoms with Gasteiger partial charge in [-0.2, -0.15) is 0 Å². The molecule has 0 heterocycles.